The number of ether oxygens (including phenoxy) is 1. The molecule has 3 rings (SSSR count). The molecule has 0 radical (unpaired) electrons. The summed E-state index contributed by atoms with van der Waals surface area (Å²) in [6.45, 7) is 2.89. The van der Waals surface area contributed by atoms with Crippen LogP contribution >= 0.6 is 11.6 Å². The van der Waals surface area contributed by atoms with Crippen molar-refractivity contribution in [1.29, 1.82) is 0 Å². The molecule has 5 heteroatoms. The van der Waals surface area contributed by atoms with Crippen LogP contribution in [0.25, 0.3) is 0 Å². The van der Waals surface area contributed by atoms with Crippen molar-refractivity contribution in [3.05, 3.63) is 34.9 Å². The van der Waals surface area contributed by atoms with Crippen molar-refractivity contribution in [2.24, 2.45) is 5.92 Å². The molecule has 4 nitrogen and oxygen atoms in total. The minimum Gasteiger partial charge on any atom is -0.376 e. The molecule has 1 aromatic rings. The fraction of sp³-hybridized carbons (Fsp3) is 0.611. The number of halogens is 1. The number of amides is 2. The second kappa shape index (κ2) is 8.02. The van der Waals surface area contributed by atoms with Crippen LogP contribution in [0.3, 0.4) is 0 Å². The van der Waals surface area contributed by atoms with Gasteiger partial charge in [0.1, 0.15) is 0 Å². The van der Waals surface area contributed by atoms with Crippen molar-refractivity contribution < 1.29 is 9.53 Å². The van der Waals surface area contributed by atoms with Gasteiger partial charge < -0.3 is 15.0 Å². The first-order chi connectivity index (χ1) is 11.2. The lowest BCUT2D eigenvalue weighted by molar-refractivity contribution is 0.0720. The van der Waals surface area contributed by atoms with E-state index in [-0.39, 0.29) is 12.1 Å². The van der Waals surface area contributed by atoms with Crippen LogP contribution in [0.2, 0.25) is 5.02 Å². The van der Waals surface area contributed by atoms with E-state index in [4.69, 9.17) is 16.3 Å². The highest BCUT2D eigenvalue weighted by molar-refractivity contribution is 6.30. The lowest BCUT2D eigenvalue weighted by Gasteiger charge is -2.33. The maximum atomic E-state index is 12.6. The average Bonchev–Trinajstić information content (AvgIpc) is 3.00. The number of hydrogen-bond acceptors (Lipinski definition) is 2. The summed E-state index contributed by atoms with van der Waals surface area (Å²) in [7, 11) is 0. The minimum absolute atomic E-state index is 0.00683. The number of nitrogens with zero attached hydrogens (tertiary/aromatic N) is 1. The third-order valence-electron chi connectivity index (χ3n) is 4.77. The Hall–Kier alpha value is -1.26. The number of carbonyl (C=O) groups excluding carboxylic acids is 1. The van der Waals surface area contributed by atoms with Crippen LogP contribution in [0.1, 0.15) is 37.7 Å². The standard InChI is InChI=1S/C18H25ClN2O2/c19-16-7-2-6-15(10-16)11-20-18(22)21(12-14-4-1-5-14)13-17-8-3-9-23-17/h2,6-7,10,14,17H,1,3-5,8-9,11-13H2,(H,20,22)/t17-/m1/s1. The van der Waals surface area contributed by atoms with Crippen LogP contribution in [0.5, 0.6) is 0 Å². The van der Waals surface area contributed by atoms with Crippen LogP contribution in [-0.4, -0.2) is 36.7 Å². The summed E-state index contributed by atoms with van der Waals surface area (Å²) in [4.78, 5) is 14.5. The molecule has 1 aliphatic carbocycles. The quantitative estimate of drug-likeness (QED) is 0.857. The fourth-order valence-electron chi connectivity index (χ4n) is 3.20. The van der Waals surface area contributed by atoms with Gasteiger partial charge in [-0.15, -0.1) is 0 Å². The molecule has 1 aromatic carbocycles. The Kier molecular flexibility index (Phi) is 5.79. The van der Waals surface area contributed by atoms with Crippen LogP contribution in [0.4, 0.5) is 4.79 Å². The number of nitrogens with one attached hydrogen (secondary N) is 1. The van der Waals surface area contributed by atoms with Crippen molar-refractivity contribution in [3.8, 4) is 0 Å². The largest absolute Gasteiger partial charge is 0.376 e. The summed E-state index contributed by atoms with van der Waals surface area (Å²) in [5, 5.41) is 3.72. The normalized spacial score (nSPS) is 21.0. The Morgan fingerprint density at radius 3 is 2.78 bits per heavy atom. The van der Waals surface area contributed by atoms with Gasteiger partial charge >= 0.3 is 6.03 Å². The lowest BCUT2D eigenvalue weighted by Crippen LogP contribution is -2.46. The monoisotopic (exact) mass is 336 g/mol. The van der Waals surface area contributed by atoms with Gasteiger partial charge in [-0.2, -0.15) is 0 Å². The van der Waals surface area contributed by atoms with Crippen molar-refractivity contribution in [2.45, 2.75) is 44.8 Å². The average molecular weight is 337 g/mol. The third-order valence-corrected chi connectivity index (χ3v) is 5.01. The van der Waals surface area contributed by atoms with E-state index in [9.17, 15) is 4.79 Å². The second-order valence-corrected chi connectivity index (χ2v) is 7.06. The maximum Gasteiger partial charge on any atom is 0.317 e. The van der Waals surface area contributed by atoms with Gasteiger partial charge in [-0.1, -0.05) is 30.2 Å². The summed E-state index contributed by atoms with van der Waals surface area (Å²) < 4.78 is 5.71. The molecule has 1 N–H and O–H groups in total. The van der Waals surface area contributed by atoms with E-state index in [1.807, 2.05) is 29.2 Å². The SMILES string of the molecule is O=C(NCc1cccc(Cl)c1)N(CC1CCC1)C[C@H]1CCCO1. The zero-order chi connectivity index (χ0) is 16.1. The Morgan fingerprint density at radius 1 is 1.26 bits per heavy atom. The molecule has 1 saturated carbocycles. The molecule has 23 heavy (non-hydrogen) atoms. The molecule has 1 aliphatic heterocycles. The zero-order valence-electron chi connectivity index (χ0n) is 13.5. The first-order valence-electron chi connectivity index (χ1n) is 8.59. The highest BCUT2D eigenvalue weighted by Gasteiger charge is 2.27. The van der Waals surface area contributed by atoms with Gasteiger partial charge in [-0.3, -0.25) is 0 Å². The number of carbonyl (C=O) groups is 1. The van der Waals surface area contributed by atoms with Gasteiger partial charge in [0.2, 0.25) is 0 Å². The van der Waals surface area contributed by atoms with E-state index in [1.54, 1.807) is 0 Å². The Bertz CT molecular complexity index is 528. The molecule has 0 bridgehead atoms. The van der Waals surface area contributed by atoms with Crippen molar-refractivity contribution in [1.82, 2.24) is 10.2 Å². The number of urea groups is 1. The summed E-state index contributed by atoms with van der Waals surface area (Å²) in [6, 6.07) is 7.61. The molecule has 0 aromatic heterocycles. The lowest BCUT2D eigenvalue weighted by atomic mass is 9.85. The second-order valence-electron chi connectivity index (χ2n) is 6.63. The van der Waals surface area contributed by atoms with E-state index in [0.717, 1.165) is 31.6 Å². The number of hydrogen-bond donors (Lipinski definition) is 1. The zero-order valence-corrected chi connectivity index (χ0v) is 14.2. The first kappa shape index (κ1) is 16.6. The molecule has 2 amide bonds. The molecule has 0 spiro atoms. The van der Waals surface area contributed by atoms with Gasteiger partial charge in [-0.05, 0) is 49.3 Å². The van der Waals surface area contributed by atoms with Gasteiger partial charge in [0.25, 0.3) is 0 Å². The molecular formula is C18H25ClN2O2. The summed E-state index contributed by atoms with van der Waals surface area (Å²) in [6.07, 6.45) is 6.14. The van der Waals surface area contributed by atoms with E-state index in [0.29, 0.717) is 24.0 Å². The third kappa shape index (κ3) is 4.85. The summed E-state index contributed by atoms with van der Waals surface area (Å²) in [5.41, 5.74) is 1.02. The molecule has 1 atom stereocenters. The van der Waals surface area contributed by atoms with Crippen molar-refractivity contribution >= 4 is 17.6 Å². The van der Waals surface area contributed by atoms with E-state index >= 15 is 0 Å². The van der Waals surface area contributed by atoms with Crippen LogP contribution in [-0.2, 0) is 11.3 Å². The predicted octanol–water partition coefficient (Wildman–Crippen LogP) is 3.83. The Balaban J connectivity index is 1.54. The number of benzene rings is 1. The molecule has 0 unspecified atom stereocenters. The molecule has 2 aliphatic rings. The Morgan fingerprint density at radius 2 is 2.13 bits per heavy atom. The van der Waals surface area contributed by atoms with Gasteiger partial charge in [0.05, 0.1) is 6.10 Å². The smallest absolute Gasteiger partial charge is 0.317 e. The maximum absolute atomic E-state index is 12.6. The fourth-order valence-corrected chi connectivity index (χ4v) is 3.41. The topological polar surface area (TPSA) is 41.6 Å². The molecule has 1 saturated heterocycles. The van der Waals surface area contributed by atoms with Crippen LogP contribution in [0, 0.1) is 5.92 Å². The van der Waals surface area contributed by atoms with Gasteiger partial charge in [0.15, 0.2) is 0 Å². The minimum atomic E-state index is 0.00683. The summed E-state index contributed by atoms with van der Waals surface area (Å²) in [5.74, 6) is 0.660. The van der Waals surface area contributed by atoms with Gasteiger partial charge in [-0.25, -0.2) is 4.79 Å². The molecule has 2 fully saturated rings. The highest BCUT2D eigenvalue weighted by atomic mass is 35.5. The van der Waals surface area contributed by atoms with E-state index in [1.165, 1.54) is 19.3 Å². The molecule has 126 valence electrons. The van der Waals surface area contributed by atoms with Crippen molar-refractivity contribution in [3.63, 3.8) is 0 Å². The van der Waals surface area contributed by atoms with Gasteiger partial charge in [0, 0.05) is 31.3 Å². The Labute approximate surface area is 143 Å². The first-order valence-corrected chi connectivity index (χ1v) is 8.97. The molecular weight excluding hydrogens is 312 g/mol. The predicted molar refractivity (Wildman–Crippen MR) is 91.6 cm³/mol. The number of rotatable bonds is 6. The van der Waals surface area contributed by atoms with Crippen LogP contribution < -0.4 is 5.32 Å². The van der Waals surface area contributed by atoms with Crippen LogP contribution in [0.15, 0.2) is 24.3 Å². The van der Waals surface area contributed by atoms with Crippen molar-refractivity contribution in [2.75, 3.05) is 19.7 Å². The summed E-state index contributed by atoms with van der Waals surface area (Å²) >= 11 is 5.99. The van der Waals surface area contributed by atoms with E-state index in [2.05, 4.69) is 5.32 Å². The van der Waals surface area contributed by atoms with E-state index < -0.39 is 0 Å². The molecule has 1 heterocycles. The highest BCUT2D eigenvalue weighted by Crippen LogP contribution is 2.27.